The molecule has 0 spiro atoms. The first kappa shape index (κ1) is 16.7. The minimum absolute atomic E-state index is 0.0712. The second-order valence-corrected chi connectivity index (χ2v) is 6.46. The number of hydrogen-bond acceptors (Lipinski definition) is 3. The fourth-order valence-corrected chi connectivity index (χ4v) is 3.35. The van der Waals surface area contributed by atoms with Crippen molar-refractivity contribution in [3.63, 3.8) is 0 Å². The zero-order valence-corrected chi connectivity index (χ0v) is 14.1. The van der Waals surface area contributed by atoms with E-state index in [4.69, 9.17) is 0 Å². The maximum absolute atomic E-state index is 11.7. The van der Waals surface area contributed by atoms with Crippen LogP contribution in [0.1, 0.15) is 27.4 Å². The Morgan fingerprint density at radius 2 is 1.62 bits per heavy atom. The highest BCUT2D eigenvalue weighted by molar-refractivity contribution is 5.89. The number of likely N-dealkylation sites (N-methyl/N-ethyl adjacent to an activating group) is 1. The van der Waals surface area contributed by atoms with E-state index in [1.165, 1.54) is 5.56 Å². The summed E-state index contributed by atoms with van der Waals surface area (Å²) in [6, 6.07) is 17.6. The zero-order chi connectivity index (χ0) is 16.9. The smallest absolute Gasteiger partial charge is 0.335 e. The van der Waals surface area contributed by atoms with Crippen molar-refractivity contribution < 1.29 is 9.90 Å². The van der Waals surface area contributed by atoms with Gasteiger partial charge in [-0.25, -0.2) is 4.79 Å². The lowest BCUT2D eigenvalue weighted by molar-refractivity contribution is 0.0695. The minimum Gasteiger partial charge on any atom is -0.478 e. The van der Waals surface area contributed by atoms with Crippen molar-refractivity contribution in [2.24, 2.45) is 0 Å². The predicted octanol–water partition coefficient (Wildman–Crippen LogP) is 2.76. The highest BCUT2D eigenvalue weighted by Gasteiger charge is 2.24. The number of benzene rings is 2. The third-order valence-corrected chi connectivity index (χ3v) is 4.81. The van der Waals surface area contributed by atoms with Gasteiger partial charge in [-0.2, -0.15) is 0 Å². The van der Waals surface area contributed by atoms with Crippen LogP contribution in [0.5, 0.6) is 0 Å². The van der Waals surface area contributed by atoms with Crippen molar-refractivity contribution in [1.82, 2.24) is 9.80 Å². The van der Waals surface area contributed by atoms with Gasteiger partial charge >= 0.3 is 5.97 Å². The number of piperazine rings is 1. The van der Waals surface area contributed by atoms with Crippen molar-refractivity contribution in [3.8, 4) is 0 Å². The van der Waals surface area contributed by atoms with E-state index in [-0.39, 0.29) is 5.92 Å². The Morgan fingerprint density at radius 1 is 1.00 bits per heavy atom. The van der Waals surface area contributed by atoms with Gasteiger partial charge in [-0.1, -0.05) is 48.5 Å². The molecule has 126 valence electrons. The topological polar surface area (TPSA) is 43.8 Å². The Balaban J connectivity index is 1.93. The zero-order valence-electron chi connectivity index (χ0n) is 14.1. The number of hydrogen-bond donors (Lipinski definition) is 1. The lowest BCUT2D eigenvalue weighted by Crippen LogP contribution is -2.46. The minimum atomic E-state index is -0.857. The Hall–Kier alpha value is -2.17. The largest absolute Gasteiger partial charge is 0.478 e. The number of carboxylic acids is 1. The highest BCUT2D eigenvalue weighted by Crippen LogP contribution is 2.29. The van der Waals surface area contributed by atoms with Crippen LogP contribution < -0.4 is 0 Å². The molecule has 1 N–H and O–H groups in total. The molecule has 4 nitrogen and oxygen atoms in total. The van der Waals surface area contributed by atoms with Gasteiger partial charge in [0.2, 0.25) is 0 Å². The van der Waals surface area contributed by atoms with E-state index < -0.39 is 5.97 Å². The van der Waals surface area contributed by atoms with Crippen molar-refractivity contribution in [2.45, 2.75) is 5.92 Å². The van der Waals surface area contributed by atoms with E-state index in [1.807, 2.05) is 30.3 Å². The van der Waals surface area contributed by atoms with Gasteiger partial charge in [0, 0.05) is 38.6 Å². The van der Waals surface area contributed by atoms with Gasteiger partial charge < -0.3 is 10.0 Å². The molecule has 2 aromatic rings. The third-order valence-electron chi connectivity index (χ3n) is 4.81. The Labute approximate surface area is 143 Å². The summed E-state index contributed by atoms with van der Waals surface area (Å²) in [5.41, 5.74) is 2.47. The van der Waals surface area contributed by atoms with Crippen LogP contribution in [-0.2, 0) is 0 Å². The van der Waals surface area contributed by atoms with Gasteiger partial charge in [0.15, 0.2) is 0 Å². The molecular formula is C20H24N2O2. The molecule has 1 atom stereocenters. The highest BCUT2D eigenvalue weighted by atomic mass is 16.4. The molecule has 1 saturated heterocycles. The van der Waals surface area contributed by atoms with Gasteiger partial charge in [0.1, 0.15) is 0 Å². The molecule has 1 aliphatic heterocycles. The lowest BCUT2D eigenvalue weighted by atomic mass is 9.87. The Kier molecular flexibility index (Phi) is 5.28. The van der Waals surface area contributed by atoms with Crippen molar-refractivity contribution >= 4 is 5.97 Å². The molecule has 0 bridgehead atoms. The fraction of sp³-hybridized carbons (Fsp3) is 0.350. The maximum atomic E-state index is 11.7. The van der Waals surface area contributed by atoms with Gasteiger partial charge in [0.05, 0.1) is 5.56 Å². The number of carboxylic acid groups (broad SMARTS) is 1. The second-order valence-electron chi connectivity index (χ2n) is 6.46. The van der Waals surface area contributed by atoms with Gasteiger partial charge in [-0.05, 0) is 24.2 Å². The summed E-state index contributed by atoms with van der Waals surface area (Å²) in [5, 5.41) is 9.58. The van der Waals surface area contributed by atoms with Crippen LogP contribution in [0.3, 0.4) is 0 Å². The van der Waals surface area contributed by atoms with Gasteiger partial charge in [-0.15, -0.1) is 0 Å². The number of rotatable bonds is 5. The molecule has 24 heavy (non-hydrogen) atoms. The van der Waals surface area contributed by atoms with Crippen molar-refractivity contribution in [3.05, 3.63) is 71.3 Å². The summed E-state index contributed by atoms with van der Waals surface area (Å²) in [6.07, 6.45) is 0. The van der Waals surface area contributed by atoms with Crippen LogP contribution in [0, 0.1) is 0 Å². The first-order chi connectivity index (χ1) is 11.6. The van der Waals surface area contributed by atoms with E-state index in [0.29, 0.717) is 5.56 Å². The van der Waals surface area contributed by atoms with E-state index in [0.717, 1.165) is 38.3 Å². The van der Waals surface area contributed by atoms with Gasteiger partial charge in [0.25, 0.3) is 0 Å². The summed E-state index contributed by atoms with van der Waals surface area (Å²) in [6.45, 7) is 5.01. The van der Waals surface area contributed by atoms with E-state index in [2.05, 4.69) is 29.0 Å². The van der Waals surface area contributed by atoms with Crippen LogP contribution >= 0.6 is 0 Å². The van der Waals surface area contributed by atoms with Gasteiger partial charge in [-0.3, -0.25) is 4.90 Å². The summed E-state index contributed by atoms with van der Waals surface area (Å²) in [5.74, 6) is -0.785. The molecule has 0 radical (unpaired) electrons. The number of aromatic carboxylic acids is 1. The molecule has 2 aromatic carbocycles. The summed E-state index contributed by atoms with van der Waals surface area (Å²) in [7, 11) is 2.14. The molecule has 0 amide bonds. The van der Waals surface area contributed by atoms with Crippen LogP contribution in [0.15, 0.2) is 54.6 Å². The monoisotopic (exact) mass is 324 g/mol. The molecular weight excluding hydrogens is 300 g/mol. The molecule has 0 aliphatic carbocycles. The fourth-order valence-electron chi connectivity index (χ4n) is 3.35. The normalized spacial score (nSPS) is 17.5. The molecule has 3 rings (SSSR count). The molecule has 1 unspecified atom stereocenters. The van der Waals surface area contributed by atoms with Crippen molar-refractivity contribution in [2.75, 3.05) is 39.8 Å². The average Bonchev–Trinajstić information content (AvgIpc) is 2.62. The standard InChI is InChI=1S/C20H24N2O2/c1-21-11-13-22(14-12-21)15-19(16-7-3-2-4-8-16)17-9-5-6-10-18(17)20(23)24/h2-10,19H,11-15H2,1H3,(H,23,24). The predicted molar refractivity (Wildman–Crippen MR) is 95.6 cm³/mol. The van der Waals surface area contributed by atoms with E-state index >= 15 is 0 Å². The molecule has 1 fully saturated rings. The Morgan fingerprint density at radius 3 is 2.29 bits per heavy atom. The summed E-state index contributed by atoms with van der Waals surface area (Å²) < 4.78 is 0. The van der Waals surface area contributed by atoms with Crippen LogP contribution in [0.25, 0.3) is 0 Å². The average molecular weight is 324 g/mol. The van der Waals surface area contributed by atoms with Crippen molar-refractivity contribution in [1.29, 1.82) is 0 Å². The third kappa shape index (κ3) is 3.83. The number of carbonyl (C=O) groups is 1. The first-order valence-corrected chi connectivity index (χ1v) is 8.43. The summed E-state index contributed by atoms with van der Waals surface area (Å²) >= 11 is 0. The van der Waals surface area contributed by atoms with E-state index in [9.17, 15) is 9.90 Å². The first-order valence-electron chi connectivity index (χ1n) is 8.43. The lowest BCUT2D eigenvalue weighted by Gasteiger charge is -2.35. The molecule has 1 heterocycles. The SMILES string of the molecule is CN1CCN(CC(c2ccccc2)c2ccccc2C(=O)O)CC1. The van der Waals surface area contributed by atoms with Crippen LogP contribution in [0.4, 0.5) is 0 Å². The van der Waals surface area contributed by atoms with E-state index in [1.54, 1.807) is 12.1 Å². The molecule has 0 saturated carbocycles. The number of nitrogens with zero attached hydrogens (tertiary/aromatic N) is 2. The quantitative estimate of drug-likeness (QED) is 0.918. The maximum Gasteiger partial charge on any atom is 0.335 e. The molecule has 4 heteroatoms. The Bertz CT molecular complexity index is 679. The van der Waals surface area contributed by atoms with Crippen LogP contribution in [0.2, 0.25) is 0 Å². The summed E-state index contributed by atoms with van der Waals surface area (Å²) in [4.78, 5) is 16.4. The molecule has 0 aromatic heterocycles. The molecule has 1 aliphatic rings. The van der Waals surface area contributed by atoms with Crippen LogP contribution in [-0.4, -0.2) is 60.6 Å². The second kappa shape index (κ2) is 7.60.